The van der Waals surface area contributed by atoms with Gasteiger partial charge in [-0.1, -0.05) is 12.1 Å². The van der Waals surface area contributed by atoms with Crippen LogP contribution in [0, 0.1) is 11.3 Å². The Bertz CT molecular complexity index is 711. The Kier molecular flexibility index (Phi) is 5.21. The second kappa shape index (κ2) is 7.32. The molecule has 1 atom stereocenters. The number of methoxy groups -OCH3 is 2. The second-order valence-electron chi connectivity index (χ2n) is 5.03. The van der Waals surface area contributed by atoms with Gasteiger partial charge < -0.3 is 14.8 Å². The van der Waals surface area contributed by atoms with Crippen molar-refractivity contribution in [1.82, 2.24) is 5.32 Å². The van der Waals surface area contributed by atoms with Crippen molar-refractivity contribution in [3.05, 3.63) is 59.2 Å². The van der Waals surface area contributed by atoms with Crippen molar-refractivity contribution in [2.24, 2.45) is 0 Å². The molecule has 1 N–H and O–H groups in total. The Morgan fingerprint density at radius 1 is 1.09 bits per heavy atom. The third-order valence-corrected chi connectivity index (χ3v) is 3.50. The maximum absolute atomic E-state index is 12.4. The largest absolute Gasteiger partial charge is 0.497 e. The molecule has 2 aromatic rings. The first-order valence-electron chi connectivity index (χ1n) is 7.11. The topological polar surface area (TPSA) is 71.3 Å². The molecule has 0 heterocycles. The molecule has 0 saturated carbocycles. The van der Waals surface area contributed by atoms with E-state index in [1.54, 1.807) is 30.3 Å². The Morgan fingerprint density at radius 2 is 1.65 bits per heavy atom. The summed E-state index contributed by atoms with van der Waals surface area (Å²) < 4.78 is 10.3. The lowest BCUT2D eigenvalue weighted by Crippen LogP contribution is -2.26. The maximum atomic E-state index is 12.4. The molecule has 0 aliphatic heterocycles. The van der Waals surface area contributed by atoms with Crippen LogP contribution in [-0.2, 0) is 0 Å². The van der Waals surface area contributed by atoms with E-state index in [1.807, 2.05) is 19.1 Å². The van der Waals surface area contributed by atoms with Crippen molar-refractivity contribution in [2.75, 3.05) is 14.2 Å². The van der Waals surface area contributed by atoms with Gasteiger partial charge in [0.1, 0.15) is 11.5 Å². The standard InChI is InChI=1S/C18H18N2O3/c1-12(14-6-4-13(11-19)5-7-14)20-18(21)15-8-16(22-2)10-17(9-15)23-3/h4-10,12H,1-3H3,(H,20,21). The highest BCUT2D eigenvalue weighted by Gasteiger charge is 2.13. The van der Waals surface area contributed by atoms with E-state index in [0.717, 1.165) is 5.56 Å². The number of nitriles is 1. The molecule has 5 nitrogen and oxygen atoms in total. The fourth-order valence-corrected chi connectivity index (χ4v) is 2.15. The van der Waals surface area contributed by atoms with E-state index in [-0.39, 0.29) is 11.9 Å². The molecule has 118 valence electrons. The van der Waals surface area contributed by atoms with Crippen LogP contribution in [-0.4, -0.2) is 20.1 Å². The predicted octanol–water partition coefficient (Wildman–Crippen LogP) is 3.07. The van der Waals surface area contributed by atoms with Crippen LogP contribution in [0.25, 0.3) is 0 Å². The molecule has 2 rings (SSSR count). The van der Waals surface area contributed by atoms with E-state index in [9.17, 15) is 4.79 Å². The average Bonchev–Trinajstić information content (AvgIpc) is 2.61. The molecule has 0 aliphatic carbocycles. The lowest BCUT2D eigenvalue weighted by Gasteiger charge is -2.15. The number of nitrogens with one attached hydrogen (secondary N) is 1. The maximum Gasteiger partial charge on any atom is 0.252 e. The van der Waals surface area contributed by atoms with Crippen molar-refractivity contribution in [3.8, 4) is 17.6 Å². The highest BCUT2D eigenvalue weighted by Crippen LogP contribution is 2.23. The summed E-state index contributed by atoms with van der Waals surface area (Å²) in [5.41, 5.74) is 1.97. The van der Waals surface area contributed by atoms with Gasteiger partial charge in [-0.2, -0.15) is 5.26 Å². The van der Waals surface area contributed by atoms with Crippen molar-refractivity contribution in [3.63, 3.8) is 0 Å². The zero-order valence-corrected chi connectivity index (χ0v) is 13.3. The summed E-state index contributed by atoms with van der Waals surface area (Å²) in [7, 11) is 3.08. The molecule has 0 fully saturated rings. The monoisotopic (exact) mass is 310 g/mol. The number of carbonyl (C=O) groups excluding carboxylic acids is 1. The first-order chi connectivity index (χ1) is 11.1. The highest BCUT2D eigenvalue weighted by molar-refractivity contribution is 5.95. The number of hydrogen-bond acceptors (Lipinski definition) is 4. The normalized spacial score (nSPS) is 11.2. The quantitative estimate of drug-likeness (QED) is 0.921. The number of benzene rings is 2. The fourth-order valence-electron chi connectivity index (χ4n) is 2.15. The molecular weight excluding hydrogens is 292 g/mol. The minimum atomic E-state index is -0.223. The van der Waals surface area contributed by atoms with Crippen LogP contribution in [0.5, 0.6) is 11.5 Å². The van der Waals surface area contributed by atoms with E-state index < -0.39 is 0 Å². The minimum Gasteiger partial charge on any atom is -0.497 e. The smallest absolute Gasteiger partial charge is 0.252 e. The summed E-state index contributed by atoms with van der Waals surface area (Å²) in [6, 6.07) is 14.0. The van der Waals surface area contributed by atoms with Crippen LogP contribution in [0.1, 0.15) is 34.5 Å². The van der Waals surface area contributed by atoms with Gasteiger partial charge >= 0.3 is 0 Å². The summed E-state index contributed by atoms with van der Waals surface area (Å²) in [5, 5.41) is 11.7. The average molecular weight is 310 g/mol. The van der Waals surface area contributed by atoms with E-state index in [1.165, 1.54) is 14.2 Å². The van der Waals surface area contributed by atoms with Gasteiger partial charge in [0, 0.05) is 11.6 Å². The highest BCUT2D eigenvalue weighted by atomic mass is 16.5. The van der Waals surface area contributed by atoms with Crippen LogP contribution >= 0.6 is 0 Å². The summed E-state index contributed by atoms with van der Waals surface area (Å²) in [5.74, 6) is 0.889. The first kappa shape index (κ1) is 16.4. The predicted molar refractivity (Wildman–Crippen MR) is 86.6 cm³/mol. The van der Waals surface area contributed by atoms with Crippen LogP contribution in [0.3, 0.4) is 0 Å². The van der Waals surface area contributed by atoms with Gasteiger partial charge in [-0.05, 0) is 36.8 Å². The van der Waals surface area contributed by atoms with E-state index in [0.29, 0.717) is 22.6 Å². The van der Waals surface area contributed by atoms with Crippen molar-refractivity contribution in [2.45, 2.75) is 13.0 Å². The van der Waals surface area contributed by atoms with Gasteiger partial charge in [-0.25, -0.2) is 0 Å². The van der Waals surface area contributed by atoms with E-state index in [4.69, 9.17) is 14.7 Å². The van der Waals surface area contributed by atoms with E-state index in [2.05, 4.69) is 11.4 Å². The Labute approximate surface area is 135 Å². The Hall–Kier alpha value is -3.00. The zero-order chi connectivity index (χ0) is 16.8. The second-order valence-corrected chi connectivity index (χ2v) is 5.03. The third-order valence-electron chi connectivity index (χ3n) is 3.50. The zero-order valence-electron chi connectivity index (χ0n) is 13.3. The van der Waals surface area contributed by atoms with Gasteiger partial charge in [0.2, 0.25) is 0 Å². The SMILES string of the molecule is COc1cc(OC)cc(C(=O)NC(C)c2ccc(C#N)cc2)c1. The van der Waals surface area contributed by atoms with Gasteiger partial charge in [-0.3, -0.25) is 4.79 Å². The lowest BCUT2D eigenvalue weighted by molar-refractivity contribution is 0.0939. The molecule has 5 heteroatoms. The fraction of sp³-hybridized carbons (Fsp3) is 0.222. The summed E-state index contributed by atoms with van der Waals surface area (Å²) >= 11 is 0. The molecule has 0 saturated heterocycles. The Balaban J connectivity index is 2.15. The van der Waals surface area contributed by atoms with Crippen LogP contribution in [0.15, 0.2) is 42.5 Å². The summed E-state index contributed by atoms with van der Waals surface area (Å²) in [4.78, 5) is 12.4. The molecule has 1 amide bonds. The number of carbonyl (C=O) groups is 1. The molecule has 0 radical (unpaired) electrons. The van der Waals surface area contributed by atoms with Gasteiger partial charge in [-0.15, -0.1) is 0 Å². The molecule has 2 aromatic carbocycles. The molecule has 1 unspecified atom stereocenters. The van der Waals surface area contributed by atoms with Gasteiger partial charge in [0.05, 0.1) is 31.9 Å². The molecule has 0 aliphatic rings. The number of ether oxygens (including phenoxy) is 2. The summed E-state index contributed by atoms with van der Waals surface area (Å²) in [6.45, 7) is 1.89. The van der Waals surface area contributed by atoms with Gasteiger partial charge in [0.15, 0.2) is 0 Å². The number of hydrogen-bond donors (Lipinski definition) is 1. The third kappa shape index (κ3) is 4.01. The van der Waals surface area contributed by atoms with Crippen molar-refractivity contribution < 1.29 is 14.3 Å². The Morgan fingerprint density at radius 3 is 2.13 bits per heavy atom. The first-order valence-corrected chi connectivity index (χ1v) is 7.11. The van der Waals surface area contributed by atoms with Crippen molar-refractivity contribution in [1.29, 1.82) is 5.26 Å². The summed E-state index contributed by atoms with van der Waals surface area (Å²) in [6.07, 6.45) is 0. The number of amides is 1. The van der Waals surface area contributed by atoms with Crippen LogP contribution in [0.4, 0.5) is 0 Å². The number of rotatable bonds is 5. The van der Waals surface area contributed by atoms with E-state index >= 15 is 0 Å². The molecular formula is C18H18N2O3. The van der Waals surface area contributed by atoms with Crippen LogP contribution < -0.4 is 14.8 Å². The van der Waals surface area contributed by atoms with Crippen molar-refractivity contribution >= 4 is 5.91 Å². The molecule has 0 aromatic heterocycles. The molecule has 0 spiro atoms. The molecule has 23 heavy (non-hydrogen) atoms. The van der Waals surface area contributed by atoms with Crippen LogP contribution in [0.2, 0.25) is 0 Å². The van der Waals surface area contributed by atoms with Gasteiger partial charge in [0.25, 0.3) is 5.91 Å². The minimum absolute atomic E-state index is 0.188. The lowest BCUT2D eigenvalue weighted by atomic mass is 10.1. The molecule has 0 bridgehead atoms. The number of nitrogens with zero attached hydrogens (tertiary/aromatic N) is 1.